The van der Waals surface area contributed by atoms with Crippen molar-refractivity contribution >= 4 is 5.69 Å². The van der Waals surface area contributed by atoms with Gasteiger partial charge in [0.05, 0.1) is 0 Å². The first-order chi connectivity index (χ1) is 7.68. The molecule has 1 aromatic carbocycles. The number of fused-ring (bicyclic) bond motifs is 1. The van der Waals surface area contributed by atoms with Gasteiger partial charge in [-0.1, -0.05) is 26.0 Å². The number of hydrogen-bond acceptors (Lipinski definition) is 2. The van der Waals surface area contributed by atoms with Crippen LogP contribution in [-0.4, -0.2) is 20.1 Å². The molecule has 2 heteroatoms. The Balaban J connectivity index is 2.26. The van der Waals surface area contributed by atoms with Gasteiger partial charge in [-0.3, -0.25) is 0 Å². The second-order valence-electron chi connectivity index (χ2n) is 5.12. The Hall–Kier alpha value is -1.02. The van der Waals surface area contributed by atoms with Gasteiger partial charge in [-0.15, -0.1) is 0 Å². The van der Waals surface area contributed by atoms with E-state index >= 15 is 0 Å². The molecule has 1 aromatic rings. The maximum atomic E-state index is 3.43. The molecular weight excluding hydrogens is 196 g/mol. The van der Waals surface area contributed by atoms with Crippen LogP contribution in [0.2, 0.25) is 0 Å². The van der Waals surface area contributed by atoms with Gasteiger partial charge in [0.1, 0.15) is 0 Å². The summed E-state index contributed by atoms with van der Waals surface area (Å²) >= 11 is 0. The highest BCUT2D eigenvalue weighted by atomic mass is 15.1. The van der Waals surface area contributed by atoms with E-state index in [1.807, 2.05) is 0 Å². The van der Waals surface area contributed by atoms with Crippen molar-refractivity contribution in [1.82, 2.24) is 5.32 Å². The minimum Gasteiger partial charge on any atom is -0.374 e. The molecule has 16 heavy (non-hydrogen) atoms. The molecule has 0 unspecified atom stereocenters. The molecule has 0 atom stereocenters. The summed E-state index contributed by atoms with van der Waals surface area (Å²) in [4.78, 5) is 2.40. The number of benzene rings is 1. The highest BCUT2D eigenvalue weighted by Gasteiger charge is 2.15. The average molecular weight is 218 g/mol. The van der Waals surface area contributed by atoms with E-state index in [0.717, 1.165) is 26.1 Å². The van der Waals surface area contributed by atoms with Gasteiger partial charge in [-0.25, -0.2) is 0 Å². The molecule has 1 aliphatic heterocycles. The van der Waals surface area contributed by atoms with Crippen LogP contribution in [0.25, 0.3) is 0 Å². The fourth-order valence-corrected chi connectivity index (χ4v) is 2.52. The smallest absolute Gasteiger partial charge is 0.0400 e. The van der Waals surface area contributed by atoms with Crippen LogP contribution in [0, 0.1) is 5.92 Å². The molecule has 2 rings (SSSR count). The molecule has 0 fully saturated rings. The highest BCUT2D eigenvalue weighted by Crippen LogP contribution is 2.26. The lowest BCUT2D eigenvalue weighted by atomic mass is 9.98. The van der Waals surface area contributed by atoms with E-state index in [0.29, 0.717) is 5.92 Å². The predicted molar refractivity (Wildman–Crippen MR) is 70.0 cm³/mol. The predicted octanol–water partition coefficient (Wildman–Crippen LogP) is 2.42. The zero-order valence-corrected chi connectivity index (χ0v) is 10.6. The van der Waals surface area contributed by atoms with Gasteiger partial charge >= 0.3 is 0 Å². The van der Waals surface area contributed by atoms with Crippen molar-refractivity contribution < 1.29 is 0 Å². The molecule has 88 valence electrons. The van der Waals surface area contributed by atoms with E-state index in [2.05, 4.69) is 49.3 Å². The first-order valence-corrected chi connectivity index (χ1v) is 6.21. The van der Waals surface area contributed by atoms with Crippen LogP contribution in [0.3, 0.4) is 0 Å². The summed E-state index contributed by atoms with van der Waals surface area (Å²) < 4.78 is 0. The molecule has 1 aliphatic rings. The fraction of sp³-hybridized carbons (Fsp3) is 0.571. The minimum atomic E-state index is 0.711. The van der Waals surface area contributed by atoms with Crippen molar-refractivity contribution in [3.63, 3.8) is 0 Å². The standard InChI is InChI=1S/C14H22N2/c1-11(2)10-16(3)14-6-4-5-12-9-15-8-7-13(12)14/h4-6,11,15H,7-10H2,1-3H3. The van der Waals surface area contributed by atoms with Crippen LogP contribution >= 0.6 is 0 Å². The zero-order valence-electron chi connectivity index (χ0n) is 10.6. The van der Waals surface area contributed by atoms with Crippen molar-refractivity contribution in [3.8, 4) is 0 Å². The number of anilines is 1. The second kappa shape index (κ2) is 4.88. The van der Waals surface area contributed by atoms with Gasteiger partial charge in [-0.05, 0) is 36.1 Å². The van der Waals surface area contributed by atoms with Crippen LogP contribution in [-0.2, 0) is 13.0 Å². The van der Waals surface area contributed by atoms with Crippen LogP contribution < -0.4 is 10.2 Å². The van der Waals surface area contributed by atoms with Crippen molar-refractivity contribution in [3.05, 3.63) is 29.3 Å². The van der Waals surface area contributed by atoms with E-state index < -0.39 is 0 Å². The summed E-state index contributed by atoms with van der Waals surface area (Å²) in [5.41, 5.74) is 4.44. The number of hydrogen-bond donors (Lipinski definition) is 1. The van der Waals surface area contributed by atoms with Gasteiger partial charge in [0.2, 0.25) is 0 Å². The Bertz CT molecular complexity index is 358. The van der Waals surface area contributed by atoms with Gasteiger partial charge < -0.3 is 10.2 Å². The number of rotatable bonds is 3. The molecule has 1 heterocycles. The molecule has 0 aliphatic carbocycles. The van der Waals surface area contributed by atoms with Gasteiger partial charge in [-0.2, -0.15) is 0 Å². The first-order valence-electron chi connectivity index (χ1n) is 6.21. The van der Waals surface area contributed by atoms with E-state index in [1.165, 1.54) is 11.3 Å². The first kappa shape index (κ1) is 11.5. The van der Waals surface area contributed by atoms with E-state index in [1.54, 1.807) is 5.56 Å². The molecule has 1 N–H and O–H groups in total. The third kappa shape index (κ3) is 2.38. The van der Waals surface area contributed by atoms with E-state index in [-0.39, 0.29) is 0 Å². The molecule has 0 amide bonds. The third-order valence-corrected chi connectivity index (χ3v) is 3.17. The number of nitrogens with zero attached hydrogens (tertiary/aromatic N) is 1. The minimum absolute atomic E-state index is 0.711. The molecule has 0 bridgehead atoms. The lowest BCUT2D eigenvalue weighted by Crippen LogP contribution is -2.28. The Morgan fingerprint density at radius 3 is 2.94 bits per heavy atom. The largest absolute Gasteiger partial charge is 0.374 e. The molecule has 0 spiro atoms. The molecule has 0 saturated carbocycles. The number of nitrogens with one attached hydrogen (secondary N) is 1. The quantitative estimate of drug-likeness (QED) is 0.838. The Morgan fingerprint density at radius 2 is 2.19 bits per heavy atom. The third-order valence-electron chi connectivity index (χ3n) is 3.17. The Labute approximate surface area is 98.7 Å². The van der Waals surface area contributed by atoms with Crippen molar-refractivity contribution in [1.29, 1.82) is 0 Å². The summed E-state index contributed by atoms with van der Waals surface area (Å²) in [6, 6.07) is 6.68. The van der Waals surface area contributed by atoms with Crippen LogP contribution in [0.15, 0.2) is 18.2 Å². The maximum absolute atomic E-state index is 3.43. The Morgan fingerprint density at radius 1 is 1.38 bits per heavy atom. The van der Waals surface area contributed by atoms with Crippen LogP contribution in [0.1, 0.15) is 25.0 Å². The van der Waals surface area contributed by atoms with E-state index in [9.17, 15) is 0 Å². The SMILES string of the molecule is CC(C)CN(C)c1cccc2c1CCNC2. The molecule has 0 radical (unpaired) electrons. The average Bonchev–Trinajstić information content (AvgIpc) is 2.27. The highest BCUT2D eigenvalue weighted by molar-refractivity contribution is 5.57. The van der Waals surface area contributed by atoms with Crippen molar-refractivity contribution in [2.45, 2.75) is 26.8 Å². The summed E-state index contributed by atoms with van der Waals surface area (Å²) in [5.74, 6) is 0.711. The zero-order chi connectivity index (χ0) is 11.5. The van der Waals surface area contributed by atoms with Gasteiger partial charge in [0.25, 0.3) is 0 Å². The molecule has 0 saturated heterocycles. The molecule has 2 nitrogen and oxygen atoms in total. The summed E-state index contributed by atoms with van der Waals surface area (Å²) in [6.07, 6.45) is 1.16. The van der Waals surface area contributed by atoms with E-state index in [4.69, 9.17) is 0 Å². The molecule has 0 aromatic heterocycles. The van der Waals surface area contributed by atoms with Crippen molar-refractivity contribution in [2.24, 2.45) is 5.92 Å². The maximum Gasteiger partial charge on any atom is 0.0400 e. The lowest BCUT2D eigenvalue weighted by molar-refractivity contribution is 0.622. The summed E-state index contributed by atoms with van der Waals surface area (Å²) in [6.45, 7) is 7.81. The van der Waals surface area contributed by atoms with Crippen molar-refractivity contribution in [2.75, 3.05) is 25.0 Å². The summed E-state index contributed by atoms with van der Waals surface area (Å²) in [7, 11) is 2.21. The second-order valence-corrected chi connectivity index (χ2v) is 5.12. The topological polar surface area (TPSA) is 15.3 Å². The normalized spacial score (nSPS) is 15.0. The van der Waals surface area contributed by atoms with Crippen LogP contribution in [0.4, 0.5) is 5.69 Å². The fourth-order valence-electron chi connectivity index (χ4n) is 2.52. The monoisotopic (exact) mass is 218 g/mol. The lowest BCUT2D eigenvalue weighted by Gasteiger charge is -2.28. The summed E-state index contributed by atoms with van der Waals surface area (Å²) in [5, 5.41) is 3.43. The molecular formula is C14H22N2. The van der Waals surface area contributed by atoms with Crippen LogP contribution in [0.5, 0.6) is 0 Å². The van der Waals surface area contributed by atoms with Gasteiger partial charge in [0.15, 0.2) is 0 Å². The van der Waals surface area contributed by atoms with Gasteiger partial charge in [0, 0.05) is 25.8 Å². The Kier molecular flexibility index (Phi) is 3.49.